The minimum atomic E-state index is -2.00. The third-order valence-corrected chi connectivity index (χ3v) is 5.38. The maximum absolute atomic E-state index is 12.8. The Bertz CT molecular complexity index is 508. The monoisotopic (exact) mass is 375 g/mol. The molecule has 0 aromatic carbocycles. The highest BCUT2D eigenvalue weighted by molar-refractivity contribution is 7.77. The second-order valence-corrected chi connectivity index (χ2v) is 7.91. The molecule has 2 rings (SSSR count). The first-order valence-corrected chi connectivity index (χ1v) is 10.0. The first-order chi connectivity index (χ1) is 11.8. The van der Waals surface area contributed by atoms with E-state index < -0.39 is 11.3 Å². The quantitative estimate of drug-likeness (QED) is 0.723. The molecule has 1 heterocycles. The van der Waals surface area contributed by atoms with Crippen molar-refractivity contribution in [2.45, 2.75) is 64.6 Å². The Morgan fingerprint density at radius 1 is 1.20 bits per heavy atom. The molecule has 1 saturated heterocycles. The van der Waals surface area contributed by atoms with Gasteiger partial charge in [0.15, 0.2) is 0 Å². The molecule has 0 aromatic rings. The van der Waals surface area contributed by atoms with Crippen LogP contribution in [0, 0.1) is 5.92 Å². The molecule has 25 heavy (non-hydrogen) atoms. The highest BCUT2D eigenvalue weighted by Gasteiger charge is 2.35. The molecular formula is C16H29N3O5S. The lowest BCUT2D eigenvalue weighted by atomic mass is 9.85. The summed E-state index contributed by atoms with van der Waals surface area (Å²) >= 11 is -2.00. The van der Waals surface area contributed by atoms with Gasteiger partial charge >= 0.3 is 6.09 Å². The molecule has 2 aliphatic rings. The fourth-order valence-corrected chi connectivity index (χ4v) is 4.08. The predicted molar refractivity (Wildman–Crippen MR) is 94.0 cm³/mol. The fourth-order valence-electron chi connectivity index (χ4n) is 3.56. The van der Waals surface area contributed by atoms with Gasteiger partial charge in [0.1, 0.15) is 0 Å². The topological polar surface area (TPSA) is 99.2 Å². The molecule has 1 unspecified atom stereocenters. The van der Waals surface area contributed by atoms with Gasteiger partial charge in [-0.1, -0.05) is 0 Å². The summed E-state index contributed by atoms with van der Waals surface area (Å²) < 4.78 is 27.5. The first kappa shape index (κ1) is 20.1. The van der Waals surface area contributed by atoms with Crippen molar-refractivity contribution in [1.82, 2.24) is 14.5 Å². The maximum Gasteiger partial charge on any atom is 0.410 e. The summed E-state index contributed by atoms with van der Waals surface area (Å²) in [4.78, 5) is 28.3. The van der Waals surface area contributed by atoms with Crippen LogP contribution < -0.4 is 4.72 Å². The van der Waals surface area contributed by atoms with Crippen LogP contribution >= 0.6 is 0 Å². The molecule has 9 heteroatoms. The lowest BCUT2D eigenvalue weighted by molar-refractivity contribution is -0.141. The van der Waals surface area contributed by atoms with Gasteiger partial charge in [-0.05, 0) is 46.5 Å². The van der Waals surface area contributed by atoms with Crippen molar-refractivity contribution in [3.05, 3.63) is 0 Å². The van der Waals surface area contributed by atoms with Crippen molar-refractivity contribution in [1.29, 1.82) is 0 Å². The number of rotatable bonds is 4. The van der Waals surface area contributed by atoms with E-state index in [2.05, 4.69) is 4.72 Å². The Morgan fingerprint density at radius 3 is 2.36 bits per heavy atom. The number of ether oxygens (including phenoxy) is 1. The van der Waals surface area contributed by atoms with Gasteiger partial charge < -0.3 is 14.5 Å². The molecule has 2 N–H and O–H groups in total. The zero-order valence-electron chi connectivity index (χ0n) is 15.1. The lowest BCUT2D eigenvalue weighted by Crippen LogP contribution is -2.57. The fraction of sp³-hybridized carbons (Fsp3) is 0.875. The van der Waals surface area contributed by atoms with Crippen LogP contribution in [0.4, 0.5) is 4.79 Å². The molecule has 2 amide bonds. The van der Waals surface area contributed by atoms with Crippen molar-refractivity contribution in [2.24, 2.45) is 5.92 Å². The van der Waals surface area contributed by atoms with Gasteiger partial charge in [-0.2, -0.15) is 0 Å². The highest BCUT2D eigenvalue weighted by atomic mass is 32.2. The third kappa shape index (κ3) is 5.65. The molecule has 2 atom stereocenters. The average molecular weight is 375 g/mol. The van der Waals surface area contributed by atoms with E-state index >= 15 is 0 Å². The van der Waals surface area contributed by atoms with E-state index in [9.17, 15) is 13.8 Å². The summed E-state index contributed by atoms with van der Waals surface area (Å²) in [5, 5.41) is 0. The highest BCUT2D eigenvalue weighted by Crippen LogP contribution is 2.27. The van der Waals surface area contributed by atoms with Crippen molar-refractivity contribution < 1.29 is 23.1 Å². The van der Waals surface area contributed by atoms with Crippen LogP contribution in [0.25, 0.3) is 0 Å². The van der Waals surface area contributed by atoms with Gasteiger partial charge in [0.2, 0.25) is 17.2 Å². The number of amides is 2. The zero-order chi connectivity index (χ0) is 18.6. The van der Waals surface area contributed by atoms with Gasteiger partial charge in [-0.15, -0.1) is 0 Å². The van der Waals surface area contributed by atoms with E-state index in [1.807, 2.05) is 25.7 Å². The van der Waals surface area contributed by atoms with Gasteiger partial charge in [-0.25, -0.2) is 13.7 Å². The Morgan fingerprint density at radius 2 is 1.84 bits per heavy atom. The molecule has 144 valence electrons. The molecule has 2 fully saturated rings. The number of hydrogen-bond donors (Lipinski definition) is 2. The van der Waals surface area contributed by atoms with Gasteiger partial charge in [0.05, 0.1) is 6.10 Å². The molecule has 8 nitrogen and oxygen atoms in total. The minimum Gasteiger partial charge on any atom is -0.447 e. The van der Waals surface area contributed by atoms with Crippen LogP contribution in [0.5, 0.6) is 0 Å². The summed E-state index contributed by atoms with van der Waals surface area (Å²) in [5.41, 5.74) is 0. The molecule has 0 bridgehead atoms. The molecule has 1 saturated carbocycles. The van der Waals surface area contributed by atoms with E-state index in [1.165, 1.54) is 0 Å². The van der Waals surface area contributed by atoms with Crippen molar-refractivity contribution >= 4 is 23.3 Å². The van der Waals surface area contributed by atoms with Crippen molar-refractivity contribution in [3.63, 3.8) is 0 Å². The maximum atomic E-state index is 12.8. The third-order valence-electron chi connectivity index (χ3n) is 4.85. The van der Waals surface area contributed by atoms with Crippen LogP contribution in [0.2, 0.25) is 0 Å². The van der Waals surface area contributed by atoms with Gasteiger partial charge in [0, 0.05) is 37.6 Å². The average Bonchev–Trinajstić information content (AvgIpc) is 2.53. The molecule has 0 aromatic heterocycles. The Kier molecular flexibility index (Phi) is 7.21. The van der Waals surface area contributed by atoms with E-state index in [-0.39, 0.29) is 36.1 Å². The number of piperazine rings is 1. The van der Waals surface area contributed by atoms with Crippen LogP contribution in [-0.4, -0.2) is 68.4 Å². The smallest absolute Gasteiger partial charge is 0.410 e. The first-order valence-electron chi connectivity index (χ1n) is 8.91. The number of nitrogens with zero attached hydrogens (tertiary/aromatic N) is 2. The van der Waals surface area contributed by atoms with Crippen LogP contribution in [0.1, 0.15) is 46.5 Å². The van der Waals surface area contributed by atoms with Crippen LogP contribution in [0.3, 0.4) is 0 Å². The Hall–Kier alpha value is -1.19. The predicted octanol–water partition coefficient (Wildman–Crippen LogP) is 1.35. The summed E-state index contributed by atoms with van der Waals surface area (Å²) in [6.07, 6.45) is 2.40. The number of hydrogen-bond acceptors (Lipinski definition) is 4. The Balaban J connectivity index is 1.83. The zero-order valence-corrected chi connectivity index (χ0v) is 16.0. The summed E-state index contributed by atoms with van der Waals surface area (Å²) in [6.45, 7) is 7.08. The Labute approximate surface area is 151 Å². The SMILES string of the molecule is CC(C)OC(=O)N1CCN(C(=O)C2CCC(NS(=O)O)CC2)[C@H](C)C1. The van der Waals surface area contributed by atoms with E-state index in [4.69, 9.17) is 9.29 Å². The van der Waals surface area contributed by atoms with Gasteiger partial charge in [-0.3, -0.25) is 9.35 Å². The number of carbonyl (C=O) groups is 2. The van der Waals surface area contributed by atoms with E-state index in [0.717, 1.165) is 25.7 Å². The molecule has 0 spiro atoms. The lowest BCUT2D eigenvalue weighted by Gasteiger charge is -2.41. The van der Waals surface area contributed by atoms with Gasteiger partial charge in [0.25, 0.3) is 0 Å². The standard InChI is InChI=1S/C16H29N3O5S/c1-11(2)24-16(21)18-8-9-19(12(3)10-18)15(20)13-4-6-14(7-5-13)17-25(22)23/h11-14,17H,4-10H2,1-3H3,(H,22,23)/t12-,13?,14?/m1/s1. The normalized spacial score (nSPS) is 28.8. The largest absolute Gasteiger partial charge is 0.447 e. The van der Waals surface area contributed by atoms with Crippen molar-refractivity contribution in [2.75, 3.05) is 19.6 Å². The molecule has 0 radical (unpaired) electrons. The minimum absolute atomic E-state index is 0.00467. The molecule has 1 aliphatic heterocycles. The second kappa shape index (κ2) is 8.95. The van der Waals surface area contributed by atoms with Crippen molar-refractivity contribution in [3.8, 4) is 0 Å². The summed E-state index contributed by atoms with van der Waals surface area (Å²) in [7, 11) is 0. The van der Waals surface area contributed by atoms with Crippen LogP contribution in [-0.2, 0) is 20.8 Å². The van der Waals surface area contributed by atoms with E-state index in [0.29, 0.717) is 19.6 Å². The summed E-state index contributed by atoms with van der Waals surface area (Å²) in [6, 6.07) is -0.0447. The number of nitrogens with one attached hydrogen (secondary N) is 1. The summed E-state index contributed by atoms with van der Waals surface area (Å²) in [5.74, 6) is 0.0924. The van der Waals surface area contributed by atoms with E-state index in [1.54, 1.807) is 4.90 Å². The second-order valence-electron chi connectivity index (χ2n) is 7.17. The molecular weight excluding hydrogens is 346 g/mol. The van der Waals surface area contributed by atoms with Crippen LogP contribution in [0.15, 0.2) is 0 Å². The molecule has 1 aliphatic carbocycles. The number of carbonyl (C=O) groups excluding carboxylic acids is 2.